The average Bonchev–Trinajstić information content (AvgIpc) is 2.37. The number of carbonyl (C=O) groups excluding carboxylic acids is 1. The van der Waals surface area contributed by atoms with E-state index in [0.29, 0.717) is 19.5 Å². The Morgan fingerprint density at radius 2 is 1.89 bits per heavy atom. The molecule has 2 N–H and O–H groups in total. The molecular weight excluding hydrogens is 245 g/mol. The first-order valence-electron chi connectivity index (χ1n) is 6.44. The molecule has 0 heterocycles. The SMILES string of the molecule is CN(C)CCNCCC(=O)NCc1ccc(F)cc1. The quantitative estimate of drug-likeness (QED) is 0.690. The van der Waals surface area contributed by atoms with Crippen molar-refractivity contribution in [2.75, 3.05) is 33.7 Å². The van der Waals surface area contributed by atoms with E-state index < -0.39 is 0 Å². The summed E-state index contributed by atoms with van der Waals surface area (Å²) in [6, 6.07) is 6.13. The minimum absolute atomic E-state index is 0.00155. The summed E-state index contributed by atoms with van der Waals surface area (Å²) in [6.45, 7) is 2.94. The molecule has 0 fully saturated rings. The molecule has 1 aromatic carbocycles. The highest BCUT2D eigenvalue weighted by molar-refractivity contribution is 5.76. The first-order valence-corrected chi connectivity index (χ1v) is 6.44. The van der Waals surface area contributed by atoms with E-state index >= 15 is 0 Å². The summed E-state index contributed by atoms with van der Waals surface area (Å²) >= 11 is 0. The predicted octanol–water partition coefficient (Wildman–Crippen LogP) is 0.983. The number of nitrogens with one attached hydrogen (secondary N) is 2. The van der Waals surface area contributed by atoms with Gasteiger partial charge in [0.15, 0.2) is 0 Å². The lowest BCUT2D eigenvalue weighted by Crippen LogP contribution is -2.31. The summed E-state index contributed by atoms with van der Waals surface area (Å²) in [6.07, 6.45) is 0.453. The van der Waals surface area contributed by atoms with Gasteiger partial charge in [-0.05, 0) is 31.8 Å². The monoisotopic (exact) mass is 267 g/mol. The molecule has 0 unspecified atom stereocenters. The van der Waals surface area contributed by atoms with Crippen molar-refractivity contribution in [3.63, 3.8) is 0 Å². The van der Waals surface area contributed by atoms with Gasteiger partial charge in [0, 0.05) is 32.6 Å². The second-order valence-electron chi connectivity index (χ2n) is 4.71. The number of nitrogens with zero attached hydrogens (tertiary/aromatic N) is 1. The van der Waals surface area contributed by atoms with Gasteiger partial charge in [0.1, 0.15) is 5.82 Å². The second kappa shape index (κ2) is 8.61. The Morgan fingerprint density at radius 3 is 2.53 bits per heavy atom. The van der Waals surface area contributed by atoms with Gasteiger partial charge in [-0.15, -0.1) is 0 Å². The molecule has 4 nitrogen and oxygen atoms in total. The van der Waals surface area contributed by atoms with Gasteiger partial charge < -0.3 is 15.5 Å². The minimum Gasteiger partial charge on any atom is -0.352 e. The summed E-state index contributed by atoms with van der Waals surface area (Å²) in [5.74, 6) is -0.262. The lowest BCUT2D eigenvalue weighted by molar-refractivity contribution is -0.121. The molecule has 0 atom stereocenters. The van der Waals surface area contributed by atoms with Gasteiger partial charge in [-0.1, -0.05) is 12.1 Å². The van der Waals surface area contributed by atoms with Crippen LogP contribution in [0.15, 0.2) is 24.3 Å². The second-order valence-corrected chi connectivity index (χ2v) is 4.71. The molecule has 0 radical (unpaired) electrons. The fraction of sp³-hybridized carbons (Fsp3) is 0.500. The van der Waals surface area contributed by atoms with Crippen LogP contribution < -0.4 is 10.6 Å². The number of rotatable bonds is 8. The standard InChI is InChI=1S/C14H22FN3O/c1-18(2)10-9-16-8-7-14(19)17-11-12-3-5-13(15)6-4-12/h3-6,16H,7-11H2,1-2H3,(H,17,19). The molecule has 0 aromatic heterocycles. The highest BCUT2D eigenvalue weighted by atomic mass is 19.1. The largest absolute Gasteiger partial charge is 0.352 e. The highest BCUT2D eigenvalue weighted by Gasteiger charge is 2.01. The number of carbonyl (C=O) groups is 1. The smallest absolute Gasteiger partial charge is 0.221 e. The molecule has 0 saturated heterocycles. The van der Waals surface area contributed by atoms with Crippen LogP contribution in [0, 0.1) is 5.82 Å². The summed E-state index contributed by atoms with van der Waals surface area (Å²) < 4.78 is 12.7. The first kappa shape index (κ1) is 15.6. The van der Waals surface area contributed by atoms with Gasteiger partial charge in [0.25, 0.3) is 0 Å². The van der Waals surface area contributed by atoms with Crippen molar-refractivity contribution in [2.45, 2.75) is 13.0 Å². The highest BCUT2D eigenvalue weighted by Crippen LogP contribution is 2.01. The number of hydrogen-bond acceptors (Lipinski definition) is 3. The van der Waals surface area contributed by atoms with Crippen molar-refractivity contribution in [3.8, 4) is 0 Å². The van der Waals surface area contributed by atoms with E-state index in [1.807, 2.05) is 14.1 Å². The van der Waals surface area contributed by atoms with Crippen LogP contribution in [-0.2, 0) is 11.3 Å². The zero-order chi connectivity index (χ0) is 14.1. The van der Waals surface area contributed by atoms with Gasteiger partial charge in [0.2, 0.25) is 5.91 Å². The van der Waals surface area contributed by atoms with E-state index in [0.717, 1.165) is 18.7 Å². The molecule has 0 aliphatic carbocycles. The topological polar surface area (TPSA) is 44.4 Å². The van der Waals surface area contributed by atoms with Crippen molar-refractivity contribution in [3.05, 3.63) is 35.6 Å². The molecule has 0 aliphatic rings. The van der Waals surface area contributed by atoms with Crippen LogP contribution >= 0.6 is 0 Å². The summed E-state index contributed by atoms with van der Waals surface area (Å²) in [7, 11) is 4.02. The van der Waals surface area contributed by atoms with Gasteiger partial charge in [-0.3, -0.25) is 4.79 Å². The maximum atomic E-state index is 12.7. The third kappa shape index (κ3) is 7.54. The number of hydrogen-bond donors (Lipinski definition) is 2. The predicted molar refractivity (Wildman–Crippen MR) is 74.3 cm³/mol. The zero-order valence-corrected chi connectivity index (χ0v) is 11.6. The van der Waals surface area contributed by atoms with E-state index in [9.17, 15) is 9.18 Å². The number of halogens is 1. The fourth-order valence-corrected chi connectivity index (χ4v) is 1.52. The van der Waals surface area contributed by atoms with Crippen LogP contribution in [0.2, 0.25) is 0 Å². The molecule has 1 rings (SSSR count). The molecule has 1 amide bonds. The van der Waals surface area contributed by atoms with Crippen molar-refractivity contribution in [2.24, 2.45) is 0 Å². The van der Waals surface area contributed by atoms with Crippen LogP contribution in [0.5, 0.6) is 0 Å². The molecule has 0 spiro atoms. The van der Waals surface area contributed by atoms with Gasteiger partial charge in [-0.2, -0.15) is 0 Å². The molecule has 1 aromatic rings. The molecule has 0 saturated carbocycles. The lowest BCUT2D eigenvalue weighted by atomic mass is 10.2. The van der Waals surface area contributed by atoms with Crippen molar-refractivity contribution < 1.29 is 9.18 Å². The maximum absolute atomic E-state index is 12.7. The third-order valence-corrected chi connectivity index (χ3v) is 2.67. The third-order valence-electron chi connectivity index (χ3n) is 2.67. The average molecular weight is 267 g/mol. The van der Waals surface area contributed by atoms with Crippen LogP contribution in [0.1, 0.15) is 12.0 Å². The number of amides is 1. The number of likely N-dealkylation sites (N-methyl/N-ethyl adjacent to an activating group) is 1. The van der Waals surface area contributed by atoms with Crippen LogP contribution in [0.25, 0.3) is 0 Å². The first-order chi connectivity index (χ1) is 9.08. The van der Waals surface area contributed by atoms with E-state index in [2.05, 4.69) is 15.5 Å². The van der Waals surface area contributed by atoms with Crippen molar-refractivity contribution in [1.82, 2.24) is 15.5 Å². The normalized spacial score (nSPS) is 10.7. The maximum Gasteiger partial charge on any atom is 0.221 e. The Kier molecular flexibility index (Phi) is 7.07. The summed E-state index contributed by atoms with van der Waals surface area (Å²) in [5.41, 5.74) is 0.898. The Labute approximate surface area is 114 Å². The van der Waals surface area contributed by atoms with E-state index in [1.165, 1.54) is 12.1 Å². The molecule has 19 heavy (non-hydrogen) atoms. The van der Waals surface area contributed by atoms with Gasteiger partial charge >= 0.3 is 0 Å². The molecular formula is C14H22FN3O. The van der Waals surface area contributed by atoms with Crippen LogP contribution in [-0.4, -0.2) is 44.5 Å². The van der Waals surface area contributed by atoms with Crippen molar-refractivity contribution in [1.29, 1.82) is 0 Å². The molecule has 106 valence electrons. The molecule has 0 aliphatic heterocycles. The summed E-state index contributed by atoms with van der Waals surface area (Å²) in [4.78, 5) is 13.6. The van der Waals surface area contributed by atoms with Gasteiger partial charge in [-0.25, -0.2) is 4.39 Å². The van der Waals surface area contributed by atoms with E-state index in [-0.39, 0.29) is 11.7 Å². The molecule has 5 heteroatoms. The Morgan fingerprint density at radius 1 is 1.21 bits per heavy atom. The number of benzene rings is 1. The molecule has 0 bridgehead atoms. The fourth-order valence-electron chi connectivity index (χ4n) is 1.52. The van der Waals surface area contributed by atoms with Crippen LogP contribution in [0.4, 0.5) is 4.39 Å². The summed E-state index contributed by atoms with van der Waals surface area (Å²) in [5, 5.41) is 6.01. The minimum atomic E-state index is -0.264. The lowest BCUT2D eigenvalue weighted by Gasteiger charge is -2.10. The zero-order valence-electron chi connectivity index (χ0n) is 11.6. The Bertz CT molecular complexity index is 379. The van der Waals surface area contributed by atoms with E-state index in [4.69, 9.17) is 0 Å². The van der Waals surface area contributed by atoms with Gasteiger partial charge in [0.05, 0.1) is 0 Å². The van der Waals surface area contributed by atoms with Crippen LogP contribution in [0.3, 0.4) is 0 Å². The van der Waals surface area contributed by atoms with Crippen molar-refractivity contribution >= 4 is 5.91 Å². The Balaban J connectivity index is 2.09. The Hall–Kier alpha value is -1.46. The van der Waals surface area contributed by atoms with E-state index in [1.54, 1.807) is 12.1 Å².